The summed E-state index contributed by atoms with van der Waals surface area (Å²) in [7, 11) is 0. The molecule has 28 heavy (non-hydrogen) atoms. The van der Waals surface area contributed by atoms with E-state index >= 15 is 0 Å². The van der Waals surface area contributed by atoms with Crippen LogP contribution in [-0.4, -0.2) is 48.7 Å². The molecule has 6 heteroatoms. The molecule has 3 rings (SSSR count). The number of benzene rings is 2. The maximum Gasteiger partial charge on any atom is 0.410 e. The number of amides is 2. The van der Waals surface area contributed by atoms with Crippen LogP contribution >= 0.6 is 0 Å². The van der Waals surface area contributed by atoms with Crippen LogP contribution in [0.15, 0.2) is 54.6 Å². The van der Waals surface area contributed by atoms with Gasteiger partial charge in [-0.2, -0.15) is 0 Å². The molecule has 0 aliphatic carbocycles. The molecule has 0 spiro atoms. The summed E-state index contributed by atoms with van der Waals surface area (Å²) < 4.78 is 5.45. The van der Waals surface area contributed by atoms with Gasteiger partial charge in [-0.25, -0.2) is 4.79 Å². The van der Waals surface area contributed by atoms with Crippen molar-refractivity contribution < 1.29 is 14.3 Å². The normalized spacial score (nSPS) is 14.5. The smallest absolute Gasteiger partial charge is 0.410 e. The molecule has 1 heterocycles. The second kappa shape index (κ2) is 8.33. The molecule has 1 N–H and O–H groups in total. The largest absolute Gasteiger partial charge is 0.444 e. The maximum atomic E-state index is 12.8. The Morgan fingerprint density at radius 1 is 0.893 bits per heavy atom. The highest BCUT2D eigenvalue weighted by atomic mass is 16.6. The standard InChI is InChI=1S/C22H27N3O3/c1-22(2,3)28-21(27)25-15-13-24(14-16-25)19-12-8-7-11-18(19)20(26)23-17-9-5-4-6-10-17/h4-12H,13-16H2,1-3H3,(H,23,26). The van der Waals surface area contributed by atoms with Gasteiger partial charge in [-0.05, 0) is 45.0 Å². The van der Waals surface area contributed by atoms with E-state index in [9.17, 15) is 9.59 Å². The van der Waals surface area contributed by atoms with Gasteiger partial charge in [0.25, 0.3) is 5.91 Å². The van der Waals surface area contributed by atoms with E-state index in [0.29, 0.717) is 31.7 Å². The van der Waals surface area contributed by atoms with Crippen molar-refractivity contribution in [2.45, 2.75) is 26.4 Å². The highest BCUT2D eigenvalue weighted by Crippen LogP contribution is 2.23. The zero-order chi connectivity index (χ0) is 20.1. The SMILES string of the molecule is CC(C)(C)OC(=O)N1CCN(c2ccccc2C(=O)Nc2ccccc2)CC1. The highest BCUT2D eigenvalue weighted by Gasteiger charge is 2.27. The van der Waals surface area contributed by atoms with Crippen molar-refractivity contribution in [3.63, 3.8) is 0 Å². The number of anilines is 2. The van der Waals surface area contributed by atoms with Gasteiger partial charge in [0.05, 0.1) is 5.56 Å². The molecule has 1 aliphatic heterocycles. The monoisotopic (exact) mass is 381 g/mol. The average Bonchev–Trinajstić information content (AvgIpc) is 2.67. The summed E-state index contributed by atoms with van der Waals surface area (Å²) in [5.74, 6) is -0.142. The van der Waals surface area contributed by atoms with Crippen molar-refractivity contribution >= 4 is 23.4 Å². The molecule has 6 nitrogen and oxygen atoms in total. The molecule has 0 saturated carbocycles. The van der Waals surface area contributed by atoms with E-state index in [0.717, 1.165) is 11.4 Å². The Balaban J connectivity index is 1.67. The van der Waals surface area contributed by atoms with Gasteiger partial charge >= 0.3 is 6.09 Å². The van der Waals surface area contributed by atoms with Crippen LogP contribution < -0.4 is 10.2 Å². The molecule has 1 aliphatic rings. The van der Waals surface area contributed by atoms with Gasteiger partial charge in [0.2, 0.25) is 0 Å². The van der Waals surface area contributed by atoms with Crippen LogP contribution in [0.4, 0.5) is 16.2 Å². The lowest BCUT2D eigenvalue weighted by Crippen LogP contribution is -2.50. The predicted octanol–water partition coefficient (Wildman–Crippen LogP) is 4.00. The zero-order valence-corrected chi connectivity index (χ0v) is 16.6. The predicted molar refractivity (Wildman–Crippen MR) is 111 cm³/mol. The molecule has 0 aromatic heterocycles. The Hall–Kier alpha value is -3.02. The average molecular weight is 381 g/mol. The lowest BCUT2D eigenvalue weighted by atomic mass is 10.1. The summed E-state index contributed by atoms with van der Waals surface area (Å²) in [5, 5.41) is 2.94. The van der Waals surface area contributed by atoms with Gasteiger partial charge in [-0.3, -0.25) is 4.79 Å². The van der Waals surface area contributed by atoms with Crippen molar-refractivity contribution in [3.8, 4) is 0 Å². The number of hydrogen-bond donors (Lipinski definition) is 1. The van der Waals surface area contributed by atoms with E-state index in [1.54, 1.807) is 4.90 Å². The second-order valence-electron chi connectivity index (χ2n) is 7.79. The third-order valence-electron chi connectivity index (χ3n) is 4.45. The van der Waals surface area contributed by atoms with Crippen molar-refractivity contribution in [1.82, 2.24) is 4.90 Å². The fraction of sp³-hybridized carbons (Fsp3) is 0.364. The summed E-state index contributed by atoms with van der Waals surface area (Å²) in [6, 6.07) is 17.0. The summed E-state index contributed by atoms with van der Waals surface area (Å²) in [4.78, 5) is 28.9. The van der Waals surface area contributed by atoms with Crippen LogP contribution in [-0.2, 0) is 4.74 Å². The lowest BCUT2D eigenvalue weighted by Gasteiger charge is -2.37. The molecule has 0 bridgehead atoms. The first-order valence-electron chi connectivity index (χ1n) is 9.52. The summed E-state index contributed by atoms with van der Waals surface area (Å²) in [6.45, 7) is 8.01. The number of carbonyl (C=O) groups excluding carboxylic acids is 2. The first-order valence-corrected chi connectivity index (χ1v) is 9.52. The molecule has 2 aromatic carbocycles. The molecule has 0 unspecified atom stereocenters. The summed E-state index contributed by atoms with van der Waals surface area (Å²) in [5.41, 5.74) is 1.75. The van der Waals surface area contributed by atoms with Gasteiger partial charge in [0.1, 0.15) is 5.60 Å². The van der Waals surface area contributed by atoms with Crippen molar-refractivity contribution in [2.24, 2.45) is 0 Å². The number of para-hydroxylation sites is 2. The van der Waals surface area contributed by atoms with E-state index in [1.807, 2.05) is 75.4 Å². The minimum Gasteiger partial charge on any atom is -0.444 e. The number of ether oxygens (including phenoxy) is 1. The van der Waals surface area contributed by atoms with Gasteiger partial charge in [-0.15, -0.1) is 0 Å². The van der Waals surface area contributed by atoms with Gasteiger partial charge in [-0.1, -0.05) is 30.3 Å². The van der Waals surface area contributed by atoms with E-state index < -0.39 is 5.60 Å². The fourth-order valence-electron chi connectivity index (χ4n) is 3.12. The Morgan fingerprint density at radius 3 is 2.14 bits per heavy atom. The number of hydrogen-bond acceptors (Lipinski definition) is 4. The number of nitrogens with zero attached hydrogens (tertiary/aromatic N) is 2. The molecule has 1 fully saturated rings. The van der Waals surface area contributed by atoms with Crippen LogP contribution in [0.3, 0.4) is 0 Å². The van der Waals surface area contributed by atoms with Crippen LogP contribution in [0.5, 0.6) is 0 Å². The van der Waals surface area contributed by atoms with Crippen LogP contribution in [0, 0.1) is 0 Å². The molecule has 1 saturated heterocycles. The summed E-state index contributed by atoms with van der Waals surface area (Å²) in [6.07, 6.45) is -0.290. The third-order valence-corrected chi connectivity index (χ3v) is 4.45. The van der Waals surface area contributed by atoms with Gasteiger partial charge < -0.3 is 19.9 Å². The highest BCUT2D eigenvalue weighted by molar-refractivity contribution is 6.08. The number of rotatable bonds is 3. The molecule has 2 aromatic rings. The third kappa shape index (κ3) is 5.03. The van der Waals surface area contributed by atoms with Gasteiger partial charge in [0, 0.05) is 37.6 Å². The number of carbonyl (C=O) groups is 2. The Kier molecular flexibility index (Phi) is 5.87. The van der Waals surface area contributed by atoms with E-state index in [2.05, 4.69) is 10.2 Å². The zero-order valence-electron chi connectivity index (χ0n) is 16.6. The quantitative estimate of drug-likeness (QED) is 0.873. The Morgan fingerprint density at radius 2 is 1.50 bits per heavy atom. The van der Waals surface area contributed by atoms with Crippen molar-refractivity contribution in [1.29, 1.82) is 0 Å². The summed E-state index contributed by atoms with van der Waals surface area (Å²) >= 11 is 0. The molecule has 2 amide bonds. The molecular formula is C22H27N3O3. The van der Waals surface area contributed by atoms with Crippen LogP contribution in [0.25, 0.3) is 0 Å². The lowest BCUT2D eigenvalue weighted by molar-refractivity contribution is 0.0240. The molecule has 0 radical (unpaired) electrons. The van der Waals surface area contributed by atoms with E-state index in [1.165, 1.54) is 0 Å². The van der Waals surface area contributed by atoms with E-state index in [4.69, 9.17) is 4.74 Å². The van der Waals surface area contributed by atoms with Crippen molar-refractivity contribution in [2.75, 3.05) is 36.4 Å². The minimum atomic E-state index is -0.504. The Bertz CT molecular complexity index is 822. The number of nitrogens with one attached hydrogen (secondary N) is 1. The van der Waals surface area contributed by atoms with Crippen LogP contribution in [0.1, 0.15) is 31.1 Å². The number of piperazine rings is 1. The second-order valence-corrected chi connectivity index (χ2v) is 7.79. The van der Waals surface area contributed by atoms with Crippen molar-refractivity contribution in [3.05, 3.63) is 60.2 Å². The molecule has 0 atom stereocenters. The fourth-order valence-corrected chi connectivity index (χ4v) is 3.12. The first-order chi connectivity index (χ1) is 13.3. The molecular weight excluding hydrogens is 354 g/mol. The Labute approximate surface area is 166 Å². The first kappa shape index (κ1) is 19.7. The van der Waals surface area contributed by atoms with E-state index in [-0.39, 0.29) is 12.0 Å². The topological polar surface area (TPSA) is 61.9 Å². The molecule has 148 valence electrons. The maximum absolute atomic E-state index is 12.8. The van der Waals surface area contributed by atoms with Crippen LogP contribution in [0.2, 0.25) is 0 Å². The van der Waals surface area contributed by atoms with Gasteiger partial charge in [0.15, 0.2) is 0 Å². The minimum absolute atomic E-state index is 0.142.